The fraction of sp³-hybridized carbons (Fsp3) is 0.500. The molecule has 2 aromatic rings. The van der Waals surface area contributed by atoms with Crippen LogP contribution < -0.4 is 9.64 Å². The molecule has 0 spiro atoms. The molecule has 3 heterocycles. The van der Waals surface area contributed by atoms with E-state index in [1.54, 1.807) is 19.4 Å². The van der Waals surface area contributed by atoms with E-state index >= 15 is 0 Å². The van der Waals surface area contributed by atoms with Gasteiger partial charge in [-0.3, -0.25) is 4.90 Å². The van der Waals surface area contributed by atoms with Gasteiger partial charge in [-0.05, 0) is 6.92 Å². The molecule has 0 amide bonds. The third kappa shape index (κ3) is 3.30. The van der Waals surface area contributed by atoms with Gasteiger partial charge in [0.25, 0.3) is 0 Å². The van der Waals surface area contributed by atoms with Gasteiger partial charge in [0.2, 0.25) is 11.8 Å². The van der Waals surface area contributed by atoms with E-state index in [1.165, 1.54) is 0 Å². The van der Waals surface area contributed by atoms with Crippen LogP contribution in [0.4, 0.5) is 5.95 Å². The maximum absolute atomic E-state index is 5.14. The number of hydrogen-bond donors (Lipinski definition) is 0. The van der Waals surface area contributed by atoms with Crippen LogP contribution in [-0.4, -0.2) is 53.3 Å². The molecule has 112 valence electrons. The van der Waals surface area contributed by atoms with Crippen molar-refractivity contribution >= 4 is 5.95 Å². The monoisotopic (exact) mass is 289 g/mol. The maximum Gasteiger partial charge on any atom is 0.228 e. The van der Waals surface area contributed by atoms with E-state index in [9.17, 15) is 0 Å². The van der Waals surface area contributed by atoms with Crippen molar-refractivity contribution in [2.45, 2.75) is 13.5 Å². The van der Waals surface area contributed by atoms with Crippen molar-refractivity contribution < 1.29 is 9.26 Å². The van der Waals surface area contributed by atoms with Gasteiger partial charge in [-0.1, -0.05) is 5.16 Å². The Labute approximate surface area is 123 Å². The first-order chi connectivity index (χ1) is 10.2. The summed E-state index contributed by atoms with van der Waals surface area (Å²) < 4.78 is 10.2. The lowest BCUT2D eigenvalue weighted by Gasteiger charge is -2.34. The highest BCUT2D eigenvalue weighted by Gasteiger charge is 2.20. The van der Waals surface area contributed by atoms with E-state index in [-0.39, 0.29) is 0 Å². The second-order valence-corrected chi connectivity index (χ2v) is 5.09. The molecular formula is C14H19N5O2. The van der Waals surface area contributed by atoms with E-state index in [4.69, 9.17) is 9.26 Å². The molecule has 0 bridgehead atoms. The summed E-state index contributed by atoms with van der Waals surface area (Å²) in [6.45, 7) is 6.42. The van der Waals surface area contributed by atoms with Crippen molar-refractivity contribution in [3.05, 3.63) is 29.8 Å². The lowest BCUT2D eigenvalue weighted by Crippen LogP contribution is -2.46. The zero-order valence-electron chi connectivity index (χ0n) is 12.3. The van der Waals surface area contributed by atoms with Crippen molar-refractivity contribution in [3.63, 3.8) is 0 Å². The number of piperazine rings is 1. The molecule has 1 fully saturated rings. The van der Waals surface area contributed by atoms with Crippen molar-refractivity contribution in [3.8, 4) is 5.88 Å². The molecule has 0 aliphatic carbocycles. The van der Waals surface area contributed by atoms with Gasteiger partial charge in [0, 0.05) is 51.1 Å². The maximum atomic E-state index is 5.14. The van der Waals surface area contributed by atoms with Crippen LogP contribution in [0.5, 0.6) is 5.88 Å². The van der Waals surface area contributed by atoms with Crippen molar-refractivity contribution in [2.24, 2.45) is 0 Å². The fourth-order valence-corrected chi connectivity index (χ4v) is 2.43. The molecule has 0 aromatic carbocycles. The molecule has 0 radical (unpaired) electrons. The number of anilines is 1. The Morgan fingerprint density at radius 1 is 1.29 bits per heavy atom. The van der Waals surface area contributed by atoms with Crippen molar-refractivity contribution in [1.29, 1.82) is 0 Å². The van der Waals surface area contributed by atoms with Crippen LogP contribution >= 0.6 is 0 Å². The highest BCUT2D eigenvalue weighted by molar-refractivity contribution is 5.32. The Kier molecular flexibility index (Phi) is 4.01. The lowest BCUT2D eigenvalue weighted by molar-refractivity contribution is 0.240. The second-order valence-electron chi connectivity index (χ2n) is 5.09. The summed E-state index contributed by atoms with van der Waals surface area (Å²) in [7, 11) is 1.62. The highest BCUT2D eigenvalue weighted by Crippen LogP contribution is 2.15. The van der Waals surface area contributed by atoms with Gasteiger partial charge in [-0.2, -0.15) is 4.98 Å². The van der Waals surface area contributed by atoms with Crippen LogP contribution in [0.15, 0.2) is 22.9 Å². The van der Waals surface area contributed by atoms with Crippen molar-refractivity contribution in [1.82, 2.24) is 20.0 Å². The first kappa shape index (κ1) is 13.8. The number of rotatable bonds is 4. The molecule has 0 saturated carbocycles. The second kappa shape index (κ2) is 6.09. The highest BCUT2D eigenvalue weighted by atomic mass is 16.5. The van der Waals surface area contributed by atoms with Crippen LogP contribution in [0.1, 0.15) is 11.5 Å². The standard InChI is InChI=1S/C14H19N5O2/c1-11-9-12(17-21-11)10-18-5-7-19(8-6-18)14-15-4-3-13(16-14)20-2/h3-4,9H,5-8,10H2,1-2H3. The predicted molar refractivity (Wildman–Crippen MR) is 77.3 cm³/mol. The Hall–Kier alpha value is -2.15. The summed E-state index contributed by atoms with van der Waals surface area (Å²) >= 11 is 0. The van der Waals surface area contributed by atoms with E-state index in [2.05, 4.69) is 24.9 Å². The van der Waals surface area contributed by atoms with Crippen LogP contribution in [-0.2, 0) is 6.54 Å². The fourth-order valence-electron chi connectivity index (χ4n) is 2.43. The molecule has 1 aliphatic heterocycles. The Balaban J connectivity index is 1.57. The van der Waals surface area contributed by atoms with Gasteiger partial charge >= 0.3 is 0 Å². The van der Waals surface area contributed by atoms with Crippen molar-refractivity contribution in [2.75, 3.05) is 38.2 Å². The zero-order chi connectivity index (χ0) is 14.7. The summed E-state index contributed by atoms with van der Waals surface area (Å²) in [5.74, 6) is 2.18. The smallest absolute Gasteiger partial charge is 0.228 e. The van der Waals surface area contributed by atoms with Gasteiger partial charge in [-0.15, -0.1) is 0 Å². The van der Waals surface area contributed by atoms with Gasteiger partial charge in [0.15, 0.2) is 0 Å². The zero-order valence-corrected chi connectivity index (χ0v) is 12.3. The van der Waals surface area contributed by atoms with Gasteiger partial charge in [0.05, 0.1) is 12.8 Å². The van der Waals surface area contributed by atoms with Crippen LogP contribution in [0, 0.1) is 6.92 Å². The normalized spacial score (nSPS) is 16.2. The minimum absolute atomic E-state index is 0.598. The van der Waals surface area contributed by atoms with E-state index in [0.29, 0.717) is 5.88 Å². The molecule has 3 rings (SSSR count). The Morgan fingerprint density at radius 2 is 2.10 bits per heavy atom. The number of aryl methyl sites for hydroxylation is 1. The number of hydrogen-bond acceptors (Lipinski definition) is 7. The van der Waals surface area contributed by atoms with E-state index < -0.39 is 0 Å². The number of ether oxygens (including phenoxy) is 1. The van der Waals surface area contributed by atoms with Gasteiger partial charge in [0.1, 0.15) is 5.76 Å². The number of nitrogens with zero attached hydrogens (tertiary/aromatic N) is 5. The first-order valence-electron chi connectivity index (χ1n) is 7.01. The summed E-state index contributed by atoms with van der Waals surface area (Å²) in [6, 6.07) is 3.74. The van der Waals surface area contributed by atoms with Crippen LogP contribution in [0.25, 0.3) is 0 Å². The van der Waals surface area contributed by atoms with E-state index in [1.807, 2.05) is 13.0 Å². The van der Waals surface area contributed by atoms with Gasteiger partial charge in [-0.25, -0.2) is 4.98 Å². The first-order valence-corrected chi connectivity index (χ1v) is 7.01. The average molecular weight is 289 g/mol. The lowest BCUT2D eigenvalue weighted by atomic mass is 10.3. The average Bonchev–Trinajstić information content (AvgIpc) is 2.93. The third-order valence-corrected chi connectivity index (χ3v) is 3.54. The molecule has 7 nitrogen and oxygen atoms in total. The summed E-state index contributed by atoms with van der Waals surface area (Å²) in [4.78, 5) is 13.2. The number of methoxy groups -OCH3 is 1. The topological polar surface area (TPSA) is 67.5 Å². The minimum atomic E-state index is 0.598. The van der Waals surface area contributed by atoms with Gasteiger partial charge < -0.3 is 14.2 Å². The largest absolute Gasteiger partial charge is 0.481 e. The molecule has 2 aromatic heterocycles. The Morgan fingerprint density at radius 3 is 2.76 bits per heavy atom. The molecule has 0 N–H and O–H groups in total. The quantitative estimate of drug-likeness (QED) is 0.835. The SMILES string of the molecule is COc1ccnc(N2CCN(Cc3cc(C)on3)CC2)n1. The van der Waals surface area contributed by atoms with E-state index in [0.717, 1.165) is 50.1 Å². The number of aromatic nitrogens is 3. The summed E-state index contributed by atoms with van der Waals surface area (Å²) in [5.41, 5.74) is 0.985. The Bertz CT molecular complexity index is 593. The third-order valence-electron chi connectivity index (χ3n) is 3.54. The summed E-state index contributed by atoms with van der Waals surface area (Å²) in [6.07, 6.45) is 1.73. The van der Waals surface area contributed by atoms with Crippen LogP contribution in [0.3, 0.4) is 0 Å². The molecule has 1 aliphatic rings. The molecule has 21 heavy (non-hydrogen) atoms. The van der Waals surface area contributed by atoms with Crippen LogP contribution in [0.2, 0.25) is 0 Å². The predicted octanol–water partition coefficient (Wildman–Crippen LogP) is 1.10. The summed E-state index contributed by atoms with van der Waals surface area (Å²) in [5, 5.41) is 4.04. The molecule has 0 unspecified atom stereocenters. The molecule has 1 saturated heterocycles. The molecule has 7 heteroatoms. The minimum Gasteiger partial charge on any atom is -0.481 e. The molecule has 0 atom stereocenters. The molecular weight excluding hydrogens is 270 g/mol.